The van der Waals surface area contributed by atoms with Gasteiger partial charge in [0.25, 0.3) is 0 Å². The predicted molar refractivity (Wildman–Crippen MR) is 69.7 cm³/mol. The quantitative estimate of drug-likeness (QED) is 0.793. The summed E-state index contributed by atoms with van der Waals surface area (Å²) in [4.78, 5) is 2.57. The number of hydrogen-bond acceptors (Lipinski definition) is 2. The minimum atomic E-state index is 0.432. The van der Waals surface area contributed by atoms with E-state index >= 15 is 0 Å². The number of nitrogens with zero attached hydrogens (tertiary/aromatic N) is 1. The van der Waals surface area contributed by atoms with Crippen molar-refractivity contribution in [1.29, 1.82) is 0 Å². The highest BCUT2D eigenvalue weighted by molar-refractivity contribution is 4.97. The zero-order chi connectivity index (χ0) is 11.6. The molecule has 0 saturated carbocycles. The molecule has 0 spiro atoms. The molecule has 2 saturated heterocycles. The van der Waals surface area contributed by atoms with E-state index in [1.807, 2.05) is 0 Å². The van der Waals surface area contributed by atoms with E-state index < -0.39 is 0 Å². The van der Waals surface area contributed by atoms with Crippen LogP contribution in [0.4, 0.5) is 0 Å². The largest absolute Gasteiger partial charge is 0.311 e. The van der Waals surface area contributed by atoms with E-state index in [0.717, 1.165) is 12.0 Å². The molecular weight excluding hydrogens is 196 g/mol. The van der Waals surface area contributed by atoms with Gasteiger partial charge in [-0.15, -0.1) is 0 Å². The van der Waals surface area contributed by atoms with Gasteiger partial charge in [-0.25, -0.2) is 0 Å². The maximum atomic E-state index is 3.85. The van der Waals surface area contributed by atoms with Crippen LogP contribution in [-0.2, 0) is 0 Å². The van der Waals surface area contributed by atoms with Crippen molar-refractivity contribution in [2.45, 2.75) is 64.0 Å². The summed E-state index contributed by atoms with van der Waals surface area (Å²) in [5, 5.41) is 3.85. The lowest BCUT2D eigenvalue weighted by atomic mass is 9.75. The first-order valence-electron chi connectivity index (χ1n) is 7.09. The van der Waals surface area contributed by atoms with E-state index in [4.69, 9.17) is 0 Å². The van der Waals surface area contributed by atoms with Crippen LogP contribution in [-0.4, -0.2) is 36.6 Å². The van der Waals surface area contributed by atoms with E-state index in [1.54, 1.807) is 0 Å². The van der Waals surface area contributed by atoms with Gasteiger partial charge in [-0.1, -0.05) is 20.3 Å². The van der Waals surface area contributed by atoms with E-state index in [2.05, 4.69) is 31.1 Å². The van der Waals surface area contributed by atoms with E-state index in [9.17, 15) is 0 Å². The fourth-order valence-corrected chi connectivity index (χ4v) is 3.55. The van der Waals surface area contributed by atoms with Gasteiger partial charge >= 0.3 is 0 Å². The van der Waals surface area contributed by atoms with Gasteiger partial charge in [0, 0.05) is 11.6 Å². The molecule has 2 heterocycles. The van der Waals surface area contributed by atoms with Crippen molar-refractivity contribution in [2.75, 3.05) is 20.1 Å². The third-order valence-corrected chi connectivity index (χ3v) is 4.90. The van der Waals surface area contributed by atoms with Gasteiger partial charge in [-0.3, -0.25) is 0 Å². The molecule has 2 unspecified atom stereocenters. The Morgan fingerprint density at radius 3 is 2.62 bits per heavy atom. The molecule has 2 rings (SSSR count). The second kappa shape index (κ2) is 5.05. The SMILES string of the molecule is CC(C)C1(CC2CCCN2C)CCCCN1. The molecule has 0 aromatic rings. The Kier molecular flexibility index (Phi) is 3.91. The van der Waals surface area contributed by atoms with Crippen LogP contribution in [0, 0.1) is 5.92 Å². The third kappa shape index (κ3) is 2.43. The fraction of sp³-hybridized carbons (Fsp3) is 1.00. The summed E-state index contributed by atoms with van der Waals surface area (Å²) in [6.45, 7) is 7.33. The number of hydrogen-bond donors (Lipinski definition) is 1. The van der Waals surface area contributed by atoms with Crippen molar-refractivity contribution < 1.29 is 0 Å². The summed E-state index contributed by atoms with van der Waals surface area (Å²) in [5.41, 5.74) is 0.432. The molecule has 0 radical (unpaired) electrons. The molecule has 0 amide bonds. The normalized spacial score (nSPS) is 37.1. The molecule has 94 valence electrons. The van der Waals surface area contributed by atoms with Gasteiger partial charge in [0.05, 0.1) is 0 Å². The van der Waals surface area contributed by atoms with Crippen molar-refractivity contribution in [3.63, 3.8) is 0 Å². The molecule has 0 aliphatic carbocycles. The minimum absolute atomic E-state index is 0.432. The van der Waals surface area contributed by atoms with Crippen LogP contribution >= 0.6 is 0 Å². The van der Waals surface area contributed by atoms with Crippen LogP contribution in [0.25, 0.3) is 0 Å². The van der Waals surface area contributed by atoms with Crippen LogP contribution in [0.15, 0.2) is 0 Å². The molecule has 0 aromatic heterocycles. The lowest BCUT2D eigenvalue weighted by Gasteiger charge is -2.44. The standard InChI is InChI=1S/C14H28N2/c1-12(2)14(8-4-5-9-15-14)11-13-7-6-10-16(13)3/h12-13,15H,4-11H2,1-3H3. The summed E-state index contributed by atoms with van der Waals surface area (Å²) in [7, 11) is 2.30. The number of piperidine rings is 1. The average molecular weight is 224 g/mol. The first-order chi connectivity index (χ1) is 7.64. The Hall–Kier alpha value is -0.0800. The number of rotatable bonds is 3. The second-order valence-corrected chi connectivity index (χ2v) is 6.18. The van der Waals surface area contributed by atoms with Gasteiger partial charge in [0.1, 0.15) is 0 Å². The maximum absolute atomic E-state index is 3.85. The Morgan fingerprint density at radius 1 is 1.31 bits per heavy atom. The molecule has 2 heteroatoms. The highest BCUT2D eigenvalue weighted by Gasteiger charge is 2.38. The highest BCUT2D eigenvalue weighted by Crippen LogP contribution is 2.35. The zero-order valence-corrected chi connectivity index (χ0v) is 11.3. The predicted octanol–water partition coefficient (Wildman–Crippen LogP) is 2.64. The molecule has 0 bridgehead atoms. The van der Waals surface area contributed by atoms with Gasteiger partial charge in [0.15, 0.2) is 0 Å². The summed E-state index contributed by atoms with van der Waals surface area (Å²) in [6, 6.07) is 0.827. The van der Waals surface area contributed by atoms with Crippen molar-refractivity contribution in [3.8, 4) is 0 Å². The van der Waals surface area contributed by atoms with Gasteiger partial charge < -0.3 is 10.2 Å². The smallest absolute Gasteiger partial charge is 0.0219 e. The lowest BCUT2D eigenvalue weighted by Crippen LogP contribution is -2.55. The summed E-state index contributed by atoms with van der Waals surface area (Å²) in [6.07, 6.45) is 8.34. The summed E-state index contributed by atoms with van der Waals surface area (Å²) >= 11 is 0. The topological polar surface area (TPSA) is 15.3 Å². The van der Waals surface area contributed by atoms with Crippen LogP contribution in [0.3, 0.4) is 0 Å². The Balaban J connectivity index is 2.01. The van der Waals surface area contributed by atoms with Crippen LogP contribution in [0.1, 0.15) is 52.4 Å². The summed E-state index contributed by atoms with van der Waals surface area (Å²) < 4.78 is 0. The van der Waals surface area contributed by atoms with Crippen LogP contribution < -0.4 is 5.32 Å². The highest BCUT2D eigenvalue weighted by atomic mass is 15.2. The molecule has 2 aliphatic rings. The first-order valence-corrected chi connectivity index (χ1v) is 7.09. The van der Waals surface area contributed by atoms with E-state index in [0.29, 0.717) is 5.54 Å². The monoisotopic (exact) mass is 224 g/mol. The Labute approximate surface area is 101 Å². The van der Waals surface area contributed by atoms with Gasteiger partial charge in [0.2, 0.25) is 0 Å². The molecular formula is C14H28N2. The molecule has 2 aliphatic heterocycles. The number of likely N-dealkylation sites (tertiary alicyclic amines) is 1. The minimum Gasteiger partial charge on any atom is -0.311 e. The van der Waals surface area contributed by atoms with Gasteiger partial charge in [-0.05, 0) is 58.2 Å². The molecule has 0 aromatic carbocycles. The lowest BCUT2D eigenvalue weighted by molar-refractivity contribution is 0.128. The molecule has 16 heavy (non-hydrogen) atoms. The molecule has 2 atom stereocenters. The van der Waals surface area contributed by atoms with Crippen molar-refractivity contribution >= 4 is 0 Å². The third-order valence-electron chi connectivity index (χ3n) is 4.90. The van der Waals surface area contributed by atoms with E-state index in [1.165, 1.54) is 51.6 Å². The van der Waals surface area contributed by atoms with Gasteiger partial charge in [-0.2, -0.15) is 0 Å². The van der Waals surface area contributed by atoms with Crippen molar-refractivity contribution in [1.82, 2.24) is 10.2 Å². The maximum Gasteiger partial charge on any atom is 0.0219 e. The molecule has 2 nitrogen and oxygen atoms in total. The molecule has 1 N–H and O–H groups in total. The van der Waals surface area contributed by atoms with E-state index in [-0.39, 0.29) is 0 Å². The Bertz CT molecular complexity index is 219. The fourth-order valence-electron chi connectivity index (χ4n) is 3.55. The summed E-state index contributed by atoms with van der Waals surface area (Å²) in [5.74, 6) is 0.766. The second-order valence-electron chi connectivity index (χ2n) is 6.18. The van der Waals surface area contributed by atoms with Crippen LogP contribution in [0.2, 0.25) is 0 Å². The first kappa shape index (κ1) is 12.4. The average Bonchev–Trinajstić information content (AvgIpc) is 2.65. The van der Waals surface area contributed by atoms with Crippen LogP contribution in [0.5, 0.6) is 0 Å². The van der Waals surface area contributed by atoms with Crippen molar-refractivity contribution in [2.24, 2.45) is 5.92 Å². The zero-order valence-electron chi connectivity index (χ0n) is 11.3. The number of nitrogens with one attached hydrogen (secondary N) is 1. The Morgan fingerprint density at radius 2 is 2.12 bits per heavy atom. The molecule has 2 fully saturated rings. The van der Waals surface area contributed by atoms with Crippen molar-refractivity contribution in [3.05, 3.63) is 0 Å².